The molecular weight excluding hydrogens is 893 g/mol. The van der Waals surface area contributed by atoms with E-state index < -0.39 is 18.1 Å². The fraction of sp³-hybridized carbons (Fsp3) is 0.404. The maximum absolute atomic E-state index is 14.2. The minimum atomic E-state index is -0.830. The Morgan fingerprint density at radius 2 is 1.71 bits per heavy atom. The lowest BCUT2D eigenvalue weighted by Gasteiger charge is -2.36. The predicted octanol–water partition coefficient (Wildman–Crippen LogP) is 8.19. The third-order valence-electron chi connectivity index (χ3n) is 13.8. The van der Waals surface area contributed by atoms with Crippen molar-refractivity contribution in [3.63, 3.8) is 0 Å². The first kappa shape index (κ1) is 47.4. The number of fused-ring (bicyclic) bond motifs is 1. The third-order valence-corrected chi connectivity index (χ3v) is 14.7. The highest BCUT2D eigenvalue weighted by molar-refractivity contribution is 7.13. The molecule has 2 aliphatic rings. The average Bonchev–Trinajstić information content (AvgIpc) is 4.17. The number of β-amino-alcohol motifs (C(OH)–C–C–N with tert-alkyl or cyclic N) is 1. The second-order valence-electron chi connectivity index (χ2n) is 18.8. The van der Waals surface area contributed by atoms with Gasteiger partial charge in [-0.15, -0.1) is 21.5 Å². The minimum Gasteiger partial charge on any atom is -0.507 e. The number of aliphatic hydroxyl groups excluding tert-OH is 1. The molecule has 69 heavy (non-hydrogen) atoms. The highest BCUT2D eigenvalue weighted by Crippen LogP contribution is 2.36. The number of rotatable bonds is 16. The maximum atomic E-state index is 14.2. The Kier molecular flexibility index (Phi) is 14.1. The number of carbonyl (C=O) groups is 2. The van der Waals surface area contributed by atoms with E-state index in [2.05, 4.69) is 66.8 Å². The number of carbonyl (C=O) groups excluding carboxylic acids is 2. The molecule has 0 spiro atoms. The molecule has 2 fully saturated rings. The van der Waals surface area contributed by atoms with Gasteiger partial charge in [0.2, 0.25) is 11.8 Å². The number of thiazole rings is 1. The first-order valence-corrected chi connectivity index (χ1v) is 24.7. The van der Waals surface area contributed by atoms with Gasteiger partial charge in [-0.2, -0.15) is 5.10 Å². The molecule has 360 valence electrons. The number of nitrogens with two attached hydrogens (primary N) is 1. The molecule has 5 atom stereocenters. The monoisotopic (exact) mass is 952 g/mol. The molecule has 3 aromatic carbocycles. The summed E-state index contributed by atoms with van der Waals surface area (Å²) in [5.74, 6) is -0.357. The molecule has 0 aliphatic carbocycles. The number of ether oxygens (including phenoxy) is 1. The molecule has 2 saturated heterocycles. The van der Waals surface area contributed by atoms with Gasteiger partial charge in [-0.1, -0.05) is 74.5 Å². The van der Waals surface area contributed by atoms with Crippen LogP contribution in [0.1, 0.15) is 106 Å². The van der Waals surface area contributed by atoms with Crippen molar-refractivity contribution in [3.8, 4) is 33.3 Å². The van der Waals surface area contributed by atoms with Gasteiger partial charge in [0.05, 0.1) is 52.1 Å². The number of aliphatic hydroxyl groups is 1. The molecule has 0 bridgehead atoms. The number of phenols is 1. The molecule has 4 aromatic heterocycles. The predicted molar refractivity (Wildman–Crippen MR) is 264 cm³/mol. The van der Waals surface area contributed by atoms with Crippen molar-refractivity contribution in [1.82, 2.24) is 45.2 Å². The Morgan fingerprint density at radius 3 is 2.42 bits per heavy atom. The highest BCUT2D eigenvalue weighted by atomic mass is 32.1. The van der Waals surface area contributed by atoms with Gasteiger partial charge in [0.15, 0.2) is 17.1 Å². The van der Waals surface area contributed by atoms with E-state index in [-0.39, 0.29) is 54.6 Å². The Hall–Kier alpha value is -6.69. The summed E-state index contributed by atoms with van der Waals surface area (Å²) >= 11 is 1.59. The zero-order chi connectivity index (χ0) is 48.3. The Morgan fingerprint density at radius 1 is 0.971 bits per heavy atom. The number of nitrogens with one attached hydrogen (secondary N) is 1. The fourth-order valence-corrected chi connectivity index (χ4v) is 10.6. The van der Waals surface area contributed by atoms with E-state index in [4.69, 9.17) is 15.0 Å². The molecule has 9 rings (SSSR count). The van der Waals surface area contributed by atoms with Gasteiger partial charge in [-0.25, -0.2) is 4.98 Å². The van der Waals surface area contributed by atoms with Crippen molar-refractivity contribution in [3.05, 3.63) is 119 Å². The average molecular weight is 953 g/mol. The Labute approximate surface area is 405 Å². The van der Waals surface area contributed by atoms with Crippen LogP contribution in [0.4, 0.5) is 5.82 Å². The van der Waals surface area contributed by atoms with E-state index in [9.17, 15) is 19.8 Å². The Balaban J connectivity index is 0.744. The van der Waals surface area contributed by atoms with Crippen LogP contribution in [0.15, 0.2) is 95.0 Å². The first-order chi connectivity index (χ1) is 33.3. The molecule has 0 saturated carbocycles. The molecule has 5 N–H and O–H groups in total. The number of hydrogen-bond donors (Lipinski definition) is 4. The van der Waals surface area contributed by atoms with Gasteiger partial charge in [0.25, 0.3) is 5.88 Å². The zero-order valence-electron chi connectivity index (χ0n) is 39.7. The lowest BCUT2D eigenvalue weighted by Crippen LogP contribution is -2.48. The summed E-state index contributed by atoms with van der Waals surface area (Å²) in [6.45, 7) is 12.3. The number of para-hydroxylation sites is 1. The van der Waals surface area contributed by atoms with Crippen LogP contribution >= 0.6 is 11.3 Å². The van der Waals surface area contributed by atoms with Crippen molar-refractivity contribution >= 4 is 40.0 Å². The molecule has 16 nitrogen and oxygen atoms in total. The van der Waals surface area contributed by atoms with Gasteiger partial charge in [-0.3, -0.25) is 19.2 Å². The number of benzene rings is 3. The molecule has 6 heterocycles. The van der Waals surface area contributed by atoms with Crippen LogP contribution in [0.2, 0.25) is 0 Å². The molecule has 2 aliphatic heterocycles. The van der Waals surface area contributed by atoms with E-state index in [1.54, 1.807) is 29.5 Å². The van der Waals surface area contributed by atoms with Crippen LogP contribution < -0.4 is 15.8 Å². The SMILES string of the molecule is Cc1ncsc1-c1ccc([C@H](C)NC(=O)[C@@H]2C[C@@H](O)CN2C(=O)C(c2cc(OCCCc3ccc(C(C)N4CCC(n5nc(N)c6nnc(-c7ccccc7O)cc65)CC4)cc3)no2)C(C)C)cc1. The van der Waals surface area contributed by atoms with Gasteiger partial charge in [0.1, 0.15) is 17.7 Å². The topological polar surface area (TPSA) is 211 Å². The second-order valence-corrected chi connectivity index (χ2v) is 19.6. The van der Waals surface area contributed by atoms with Gasteiger partial charge >= 0.3 is 0 Å². The maximum Gasteiger partial charge on any atom is 0.254 e. The van der Waals surface area contributed by atoms with Crippen LogP contribution in [-0.4, -0.2) is 100 Å². The van der Waals surface area contributed by atoms with E-state index in [1.807, 2.05) is 80.4 Å². The van der Waals surface area contributed by atoms with E-state index in [1.165, 1.54) is 16.0 Å². The number of hydrogen-bond acceptors (Lipinski definition) is 14. The van der Waals surface area contributed by atoms with Crippen molar-refractivity contribution < 1.29 is 29.1 Å². The van der Waals surface area contributed by atoms with E-state index >= 15 is 0 Å². The fourth-order valence-electron chi connectivity index (χ4n) is 9.80. The lowest BCUT2D eigenvalue weighted by atomic mass is 9.91. The second kappa shape index (κ2) is 20.5. The third kappa shape index (κ3) is 10.2. The summed E-state index contributed by atoms with van der Waals surface area (Å²) in [6.07, 6.45) is 2.69. The van der Waals surface area contributed by atoms with Crippen LogP contribution in [0.25, 0.3) is 32.7 Å². The molecule has 7 aromatic rings. The summed E-state index contributed by atoms with van der Waals surface area (Å²) in [4.78, 5) is 37.4. The summed E-state index contributed by atoms with van der Waals surface area (Å²) in [7, 11) is 0. The number of piperidine rings is 1. The number of nitrogens with zero attached hydrogens (tertiary/aromatic N) is 8. The molecular formula is C52H60N10O6S. The lowest BCUT2D eigenvalue weighted by molar-refractivity contribution is -0.141. The molecule has 17 heteroatoms. The van der Waals surface area contributed by atoms with Crippen molar-refractivity contribution in [2.45, 2.75) is 103 Å². The summed E-state index contributed by atoms with van der Waals surface area (Å²) in [6, 6.07) is 26.7. The summed E-state index contributed by atoms with van der Waals surface area (Å²) in [5, 5.41) is 41.7. The first-order valence-electron chi connectivity index (χ1n) is 23.8. The van der Waals surface area contributed by atoms with Crippen LogP contribution in [0.3, 0.4) is 0 Å². The standard InChI is InChI=1S/C52H60N10O6S/c1-30(2)47(52(66)61-28-39(63)25-43(61)51(65)55-31(3)35-16-18-37(19-17-35)49-32(4)54-29-69-49)45-27-46(59-68-45)67-24-8-9-34-12-14-36(15-13-34)33(5)60-22-20-38(21-23-60)62-42-26-41(40-10-6-7-11-44(40)64)56-57-48(42)50(53)58-62/h6-7,10-19,26-27,29-31,33,38-39,43,47,63-64H,8-9,20-25,28H2,1-5H3,(H2,53,58)(H,55,65)/t31-,33?,39+,43-,47?/m0/s1. The quantitative estimate of drug-likeness (QED) is 0.0674. The number of aromatic nitrogens is 6. The molecule has 2 amide bonds. The van der Waals surface area contributed by atoms with E-state index in [0.29, 0.717) is 40.8 Å². The van der Waals surface area contributed by atoms with Crippen LogP contribution in [-0.2, 0) is 16.0 Å². The normalized spacial score (nSPS) is 18.2. The number of anilines is 1. The Bertz CT molecular complexity index is 2890. The number of aromatic hydroxyl groups is 1. The number of nitrogen functional groups attached to an aromatic ring is 1. The highest BCUT2D eigenvalue weighted by Gasteiger charge is 2.43. The minimum absolute atomic E-state index is 0.0516. The van der Waals surface area contributed by atoms with Crippen molar-refractivity contribution in [2.24, 2.45) is 5.92 Å². The van der Waals surface area contributed by atoms with Gasteiger partial charge < -0.3 is 35.4 Å². The zero-order valence-corrected chi connectivity index (χ0v) is 40.5. The van der Waals surface area contributed by atoms with Gasteiger partial charge in [-0.05, 0) is 98.0 Å². The number of aryl methyl sites for hydroxylation is 2. The van der Waals surface area contributed by atoms with Gasteiger partial charge in [0, 0.05) is 43.7 Å². The number of amides is 2. The van der Waals surface area contributed by atoms with Crippen molar-refractivity contribution in [2.75, 3.05) is 32.0 Å². The largest absolute Gasteiger partial charge is 0.507 e. The van der Waals surface area contributed by atoms with Crippen LogP contribution in [0, 0.1) is 12.8 Å². The smallest absolute Gasteiger partial charge is 0.254 e. The molecule has 0 radical (unpaired) electrons. The molecule has 2 unspecified atom stereocenters. The number of likely N-dealkylation sites (tertiary alicyclic amines) is 2. The van der Waals surface area contributed by atoms with Crippen molar-refractivity contribution in [1.29, 1.82) is 0 Å². The summed E-state index contributed by atoms with van der Waals surface area (Å²) < 4.78 is 13.7. The van der Waals surface area contributed by atoms with Crippen LogP contribution in [0.5, 0.6) is 11.6 Å². The number of phenolic OH excluding ortho intramolecular Hbond substituents is 1. The summed E-state index contributed by atoms with van der Waals surface area (Å²) in [5.41, 5.74) is 16.1. The van der Waals surface area contributed by atoms with E-state index in [0.717, 1.165) is 66.0 Å².